The van der Waals surface area contributed by atoms with Gasteiger partial charge in [-0.15, -0.1) is 0 Å². The van der Waals surface area contributed by atoms with Gasteiger partial charge in [-0.2, -0.15) is 0 Å². The van der Waals surface area contributed by atoms with E-state index in [1.807, 2.05) is 12.1 Å². The Kier molecular flexibility index (Phi) is 6.42. The van der Waals surface area contributed by atoms with E-state index in [1.165, 1.54) is 6.07 Å². The van der Waals surface area contributed by atoms with Gasteiger partial charge in [0.15, 0.2) is 6.29 Å². The first-order valence-corrected chi connectivity index (χ1v) is 7.89. The molecular weight excluding hydrogens is 325 g/mol. The minimum absolute atomic E-state index is 0.117. The Morgan fingerprint density at radius 2 is 2.15 bits per heavy atom. The Morgan fingerprint density at radius 3 is 2.80 bits per heavy atom. The molecule has 1 heterocycles. The van der Waals surface area contributed by atoms with E-state index in [0.717, 1.165) is 31.4 Å². The number of halogens is 2. The SMILES string of the molecule is CCCNC(Cc1ccc(F)c(Br)c1)CC1OCCO1. The molecule has 0 bridgehead atoms. The topological polar surface area (TPSA) is 30.5 Å². The van der Waals surface area contributed by atoms with Crippen LogP contribution >= 0.6 is 15.9 Å². The Bertz CT molecular complexity index is 424. The maximum atomic E-state index is 13.3. The molecule has 1 N–H and O–H groups in total. The maximum Gasteiger partial charge on any atom is 0.159 e. The van der Waals surface area contributed by atoms with E-state index in [0.29, 0.717) is 17.7 Å². The molecule has 3 nitrogen and oxygen atoms in total. The van der Waals surface area contributed by atoms with Gasteiger partial charge in [-0.25, -0.2) is 4.39 Å². The minimum atomic E-state index is -0.228. The highest BCUT2D eigenvalue weighted by atomic mass is 79.9. The molecule has 112 valence electrons. The second-order valence-corrected chi connectivity index (χ2v) is 5.86. The molecule has 1 unspecified atom stereocenters. The van der Waals surface area contributed by atoms with E-state index in [9.17, 15) is 4.39 Å². The predicted octanol–water partition coefficient (Wildman–Crippen LogP) is 3.26. The molecule has 0 spiro atoms. The van der Waals surface area contributed by atoms with Gasteiger partial charge in [-0.3, -0.25) is 0 Å². The molecule has 1 aromatic carbocycles. The lowest BCUT2D eigenvalue weighted by Crippen LogP contribution is -2.35. The Hall–Kier alpha value is -0.490. The van der Waals surface area contributed by atoms with Crippen LogP contribution in [0.1, 0.15) is 25.3 Å². The van der Waals surface area contributed by atoms with Gasteiger partial charge in [0.2, 0.25) is 0 Å². The summed E-state index contributed by atoms with van der Waals surface area (Å²) in [6, 6.07) is 5.44. The van der Waals surface area contributed by atoms with Gasteiger partial charge in [0.05, 0.1) is 17.7 Å². The minimum Gasteiger partial charge on any atom is -0.350 e. The van der Waals surface area contributed by atoms with Crippen molar-refractivity contribution in [2.45, 2.75) is 38.5 Å². The van der Waals surface area contributed by atoms with Crippen LogP contribution in [0.2, 0.25) is 0 Å². The molecule has 20 heavy (non-hydrogen) atoms. The van der Waals surface area contributed by atoms with Gasteiger partial charge in [-0.1, -0.05) is 13.0 Å². The second-order valence-electron chi connectivity index (χ2n) is 5.01. The van der Waals surface area contributed by atoms with Crippen LogP contribution in [0.5, 0.6) is 0 Å². The van der Waals surface area contributed by atoms with Crippen LogP contribution in [0, 0.1) is 5.82 Å². The standard InChI is InChI=1S/C15H21BrFNO2/c1-2-5-18-12(10-15-19-6-7-20-15)8-11-3-4-14(17)13(16)9-11/h3-4,9,12,15,18H,2,5-8,10H2,1H3. The molecule has 2 rings (SSSR count). The normalized spacial score (nSPS) is 17.6. The highest BCUT2D eigenvalue weighted by Gasteiger charge is 2.21. The van der Waals surface area contributed by atoms with Gasteiger partial charge in [0, 0.05) is 12.5 Å². The third kappa shape index (κ3) is 4.81. The van der Waals surface area contributed by atoms with Crippen LogP contribution in [0.15, 0.2) is 22.7 Å². The summed E-state index contributed by atoms with van der Waals surface area (Å²) in [5.74, 6) is -0.228. The quantitative estimate of drug-likeness (QED) is 0.822. The van der Waals surface area contributed by atoms with Crippen molar-refractivity contribution < 1.29 is 13.9 Å². The number of hydrogen-bond acceptors (Lipinski definition) is 3. The Labute approximate surface area is 128 Å². The van der Waals surface area contributed by atoms with E-state index in [1.54, 1.807) is 0 Å². The van der Waals surface area contributed by atoms with Crippen LogP contribution in [0.4, 0.5) is 4.39 Å². The highest BCUT2D eigenvalue weighted by molar-refractivity contribution is 9.10. The van der Waals surface area contributed by atoms with E-state index in [-0.39, 0.29) is 18.1 Å². The van der Waals surface area contributed by atoms with Gasteiger partial charge < -0.3 is 14.8 Å². The van der Waals surface area contributed by atoms with Crippen molar-refractivity contribution in [3.63, 3.8) is 0 Å². The first-order chi connectivity index (χ1) is 9.69. The van der Waals surface area contributed by atoms with E-state index >= 15 is 0 Å². The van der Waals surface area contributed by atoms with Crippen molar-refractivity contribution in [1.29, 1.82) is 0 Å². The molecule has 1 aliphatic heterocycles. The van der Waals surface area contributed by atoms with Crippen molar-refractivity contribution in [2.75, 3.05) is 19.8 Å². The summed E-state index contributed by atoms with van der Waals surface area (Å²) in [5, 5.41) is 3.51. The summed E-state index contributed by atoms with van der Waals surface area (Å²) < 4.78 is 24.8. The monoisotopic (exact) mass is 345 g/mol. The van der Waals surface area contributed by atoms with Crippen molar-refractivity contribution in [3.8, 4) is 0 Å². The summed E-state index contributed by atoms with van der Waals surface area (Å²) in [6.07, 6.45) is 2.61. The molecule has 1 aromatic rings. The first kappa shape index (κ1) is 15.9. The third-order valence-electron chi connectivity index (χ3n) is 3.32. The molecule has 1 fully saturated rings. The zero-order valence-corrected chi connectivity index (χ0v) is 13.3. The fraction of sp³-hybridized carbons (Fsp3) is 0.600. The zero-order chi connectivity index (χ0) is 14.4. The van der Waals surface area contributed by atoms with Crippen LogP contribution in [-0.2, 0) is 15.9 Å². The molecule has 0 radical (unpaired) electrons. The van der Waals surface area contributed by atoms with Gasteiger partial charge in [-0.05, 0) is 53.0 Å². The average molecular weight is 346 g/mol. The van der Waals surface area contributed by atoms with Crippen molar-refractivity contribution in [2.24, 2.45) is 0 Å². The molecule has 1 saturated heterocycles. The fourth-order valence-electron chi connectivity index (χ4n) is 2.31. The lowest BCUT2D eigenvalue weighted by atomic mass is 10.0. The van der Waals surface area contributed by atoms with Crippen LogP contribution in [-0.4, -0.2) is 32.1 Å². The Balaban J connectivity index is 1.95. The molecule has 0 saturated carbocycles. The van der Waals surface area contributed by atoms with E-state index in [4.69, 9.17) is 9.47 Å². The van der Waals surface area contributed by atoms with Crippen molar-refractivity contribution >= 4 is 15.9 Å². The molecule has 0 aliphatic carbocycles. The summed E-state index contributed by atoms with van der Waals surface area (Å²) in [4.78, 5) is 0. The predicted molar refractivity (Wildman–Crippen MR) is 80.2 cm³/mol. The number of ether oxygens (including phenoxy) is 2. The molecule has 0 aromatic heterocycles. The Morgan fingerprint density at radius 1 is 1.40 bits per heavy atom. The fourth-order valence-corrected chi connectivity index (χ4v) is 2.74. The second kappa shape index (κ2) is 8.08. The molecule has 5 heteroatoms. The van der Waals surface area contributed by atoms with E-state index in [2.05, 4.69) is 28.2 Å². The van der Waals surface area contributed by atoms with Gasteiger partial charge in [0.1, 0.15) is 5.82 Å². The number of nitrogens with one attached hydrogen (secondary N) is 1. The lowest BCUT2D eigenvalue weighted by Gasteiger charge is -2.21. The number of rotatable bonds is 7. The van der Waals surface area contributed by atoms with Crippen LogP contribution < -0.4 is 5.32 Å². The average Bonchev–Trinajstić information content (AvgIpc) is 2.93. The van der Waals surface area contributed by atoms with Crippen molar-refractivity contribution in [1.82, 2.24) is 5.32 Å². The smallest absolute Gasteiger partial charge is 0.159 e. The first-order valence-electron chi connectivity index (χ1n) is 7.09. The van der Waals surface area contributed by atoms with Gasteiger partial charge >= 0.3 is 0 Å². The summed E-state index contributed by atoms with van der Waals surface area (Å²) in [7, 11) is 0. The molecule has 1 atom stereocenters. The maximum absolute atomic E-state index is 13.3. The molecule has 1 aliphatic rings. The molecule has 0 amide bonds. The third-order valence-corrected chi connectivity index (χ3v) is 3.92. The summed E-state index contributed by atoms with van der Waals surface area (Å²) >= 11 is 3.23. The van der Waals surface area contributed by atoms with Gasteiger partial charge in [0.25, 0.3) is 0 Å². The summed E-state index contributed by atoms with van der Waals surface area (Å²) in [5.41, 5.74) is 1.10. The number of hydrogen-bond donors (Lipinski definition) is 1. The lowest BCUT2D eigenvalue weighted by molar-refractivity contribution is -0.0526. The highest BCUT2D eigenvalue weighted by Crippen LogP contribution is 2.19. The van der Waals surface area contributed by atoms with Crippen molar-refractivity contribution in [3.05, 3.63) is 34.1 Å². The van der Waals surface area contributed by atoms with Crippen LogP contribution in [0.3, 0.4) is 0 Å². The number of benzene rings is 1. The van der Waals surface area contributed by atoms with Crippen LogP contribution in [0.25, 0.3) is 0 Å². The van der Waals surface area contributed by atoms with E-state index < -0.39 is 0 Å². The molecular formula is C15H21BrFNO2. The zero-order valence-electron chi connectivity index (χ0n) is 11.7. The largest absolute Gasteiger partial charge is 0.350 e. The summed E-state index contributed by atoms with van der Waals surface area (Å²) in [6.45, 7) is 4.45.